The van der Waals surface area contributed by atoms with Gasteiger partial charge in [0.2, 0.25) is 5.91 Å². The quantitative estimate of drug-likeness (QED) is 0.378. The molecular formula is C21H25ClN4O2. The number of fused-ring (bicyclic) bond motifs is 1. The third-order valence-electron chi connectivity index (χ3n) is 4.40. The molecule has 0 fully saturated rings. The average Bonchev–Trinajstić information content (AvgIpc) is 2.70. The largest absolute Gasteiger partial charge is 0.492 e. The van der Waals surface area contributed by atoms with Crippen LogP contribution in [-0.2, 0) is 4.79 Å². The van der Waals surface area contributed by atoms with Gasteiger partial charge in [0.05, 0.1) is 13.1 Å². The first-order valence-electron chi connectivity index (χ1n) is 9.45. The van der Waals surface area contributed by atoms with Crippen molar-refractivity contribution in [1.82, 2.24) is 10.6 Å². The Morgan fingerprint density at radius 3 is 2.79 bits per heavy atom. The second kappa shape index (κ2) is 9.99. The van der Waals surface area contributed by atoms with Crippen molar-refractivity contribution in [3.05, 3.63) is 59.1 Å². The Morgan fingerprint density at radius 2 is 2.00 bits per heavy atom. The van der Waals surface area contributed by atoms with E-state index in [1.54, 1.807) is 12.1 Å². The fourth-order valence-corrected chi connectivity index (χ4v) is 3.20. The summed E-state index contributed by atoms with van der Waals surface area (Å²) in [4.78, 5) is 16.6. The Kier molecular flexibility index (Phi) is 7.14. The van der Waals surface area contributed by atoms with Crippen LogP contribution in [0.4, 0.5) is 5.69 Å². The molecule has 1 heterocycles. The van der Waals surface area contributed by atoms with Crippen LogP contribution in [0.5, 0.6) is 5.75 Å². The molecule has 3 rings (SSSR count). The molecule has 0 aliphatic carbocycles. The van der Waals surface area contributed by atoms with Crippen molar-refractivity contribution >= 4 is 29.2 Å². The number of nitrogens with one attached hydrogen (secondary N) is 3. The zero-order valence-corrected chi connectivity index (χ0v) is 16.6. The molecule has 2 aromatic rings. The second-order valence-electron chi connectivity index (χ2n) is 6.49. The lowest BCUT2D eigenvalue weighted by molar-refractivity contribution is -0.116. The summed E-state index contributed by atoms with van der Waals surface area (Å²) in [5.74, 6) is 1.60. The van der Waals surface area contributed by atoms with E-state index in [1.807, 2.05) is 37.3 Å². The molecule has 0 saturated heterocycles. The van der Waals surface area contributed by atoms with E-state index in [1.165, 1.54) is 0 Å². The molecule has 0 saturated carbocycles. The number of benzene rings is 2. The molecule has 3 N–H and O–H groups in total. The number of carbonyl (C=O) groups excluding carboxylic acids is 1. The lowest BCUT2D eigenvalue weighted by atomic mass is 9.91. The highest BCUT2D eigenvalue weighted by atomic mass is 35.5. The monoisotopic (exact) mass is 400 g/mol. The number of hydrogen-bond acceptors (Lipinski definition) is 3. The highest BCUT2D eigenvalue weighted by Crippen LogP contribution is 2.31. The van der Waals surface area contributed by atoms with E-state index in [0.29, 0.717) is 37.1 Å². The van der Waals surface area contributed by atoms with Gasteiger partial charge in [0.15, 0.2) is 5.96 Å². The first kappa shape index (κ1) is 20.0. The van der Waals surface area contributed by atoms with E-state index in [-0.39, 0.29) is 11.8 Å². The molecule has 1 amide bonds. The van der Waals surface area contributed by atoms with Gasteiger partial charge in [0.25, 0.3) is 0 Å². The number of carbonyl (C=O) groups is 1. The topological polar surface area (TPSA) is 74.8 Å². The fraction of sp³-hybridized carbons (Fsp3) is 0.333. The fourth-order valence-electron chi connectivity index (χ4n) is 3.08. The highest BCUT2D eigenvalue weighted by molar-refractivity contribution is 6.30. The first-order valence-corrected chi connectivity index (χ1v) is 9.83. The van der Waals surface area contributed by atoms with Crippen molar-refractivity contribution in [2.45, 2.75) is 19.3 Å². The standard InChI is InChI=1S/C21H25ClN4O2/c1-2-23-21(24-11-12-28-17-9-7-16(22)8-10-17)25-14-15-13-20(27)26-19-6-4-3-5-18(15)19/h3-10,15H,2,11-14H2,1H3,(H,26,27)(H2,23,24,25). The van der Waals surface area contributed by atoms with E-state index in [2.05, 4.69) is 27.0 Å². The lowest BCUT2D eigenvalue weighted by Gasteiger charge is -2.24. The second-order valence-corrected chi connectivity index (χ2v) is 6.92. The van der Waals surface area contributed by atoms with Gasteiger partial charge in [-0.1, -0.05) is 29.8 Å². The number of rotatable bonds is 7. The Bertz CT molecular complexity index is 823. The number of aliphatic imine (C=N–C) groups is 1. The summed E-state index contributed by atoms with van der Waals surface area (Å²) in [5.41, 5.74) is 2.01. The molecule has 1 atom stereocenters. The van der Waals surface area contributed by atoms with Crippen molar-refractivity contribution in [1.29, 1.82) is 0 Å². The molecular weight excluding hydrogens is 376 g/mol. The Balaban J connectivity index is 1.54. The van der Waals surface area contributed by atoms with E-state index in [9.17, 15) is 4.79 Å². The van der Waals surface area contributed by atoms with E-state index < -0.39 is 0 Å². The zero-order chi connectivity index (χ0) is 19.8. The number of anilines is 1. The highest BCUT2D eigenvalue weighted by Gasteiger charge is 2.24. The molecule has 1 unspecified atom stereocenters. The molecule has 0 bridgehead atoms. The van der Waals surface area contributed by atoms with Crippen LogP contribution in [0.3, 0.4) is 0 Å². The Labute approximate surface area is 170 Å². The minimum absolute atomic E-state index is 0.0354. The maximum absolute atomic E-state index is 12.0. The van der Waals surface area contributed by atoms with Crippen LogP contribution in [0.15, 0.2) is 53.5 Å². The smallest absolute Gasteiger partial charge is 0.225 e. The normalized spacial score (nSPS) is 16.1. The molecule has 2 aromatic carbocycles. The van der Waals surface area contributed by atoms with Gasteiger partial charge in [0, 0.05) is 29.6 Å². The summed E-state index contributed by atoms with van der Waals surface area (Å²) in [6.45, 7) is 4.42. The summed E-state index contributed by atoms with van der Waals surface area (Å²) < 4.78 is 5.69. The minimum atomic E-state index is 0.0354. The molecule has 1 aliphatic rings. The van der Waals surface area contributed by atoms with Crippen molar-refractivity contribution in [3.63, 3.8) is 0 Å². The van der Waals surface area contributed by atoms with Crippen molar-refractivity contribution in [2.24, 2.45) is 4.99 Å². The molecule has 0 radical (unpaired) electrons. The molecule has 0 aromatic heterocycles. The summed E-state index contributed by atoms with van der Waals surface area (Å²) in [6, 6.07) is 15.2. The van der Waals surface area contributed by atoms with Gasteiger partial charge in [-0.05, 0) is 42.8 Å². The zero-order valence-electron chi connectivity index (χ0n) is 15.9. The van der Waals surface area contributed by atoms with E-state index in [0.717, 1.165) is 23.5 Å². The number of guanidine groups is 1. The van der Waals surface area contributed by atoms with Gasteiger partial charge >= 0.3 is 0 Å². The van der Waals surface area contributed by atoms with Gasteiger partial charge in [0.1, 0.15) is 12.4 Å². The van der Waals surface area contributed by atoms with Crippen LogP contribution in [0.25, 0.3) is 0 Å². The van der Waals surface area contributed by atoms with Crippen molar-refractivity contribution in [2.75, 3.05) is 31.6 Å². The SMILES string of the molecule is CCNC(=NCC1CC(=O)Nc2ccccc21)NCCOc1ccc(Cl)cc1. The van der Waals surface area contributed by atoms with E-state index in [4.69, 9.17) is 16.3 Å². The average molecular weight is 401 g/mol. The predicted octanol–water partition coefficient (Wildman–Crippen LogP) is 3.40. The van der Waals surface area contributed by atoms with Crippen molar-refractivity contribution in [3.8, 4) is 5.75 Å². The summed E-state index contributed by atoms with van der Waals surface area (Å²) >= 11 is 5.87. The molecule has 7 heteroatoms. The molecule has 6 nitrogen and oxygen atoms in total. The third-order valence-corrected chi connectivity index (χ3v) is 4.65. The van der Waals surface area contributed by atoms with Gasteiger partial charge in [-0.25, -0.2) is 0 Å². The Hall–Kier alpha value is -2.73. The number of nitrogens with zero attached hydrogens (tertiary/aromatic N) is 1. The van der Waals surface area contributed by atoms with Crippen LogP contribution in [0.2, 0.25) is 5.02 Å². The number of amides is 1. The summed E-state index contributed by atoms with van der Waals surface area (Å²) in [6.07, 6.45) is 0.444. The van der Waals surface area contributed by atoms with Crippen LogP contribution in [-0.4, -0.2) is 38.1 Å². The third kappa shape index (κ3) is 5.63. The predicted molar refractivity (Wildman–Crippen MR) is 113 cm³/mol. The molecule has 1 aliphatic heterocycles. The van der Waals surface area contributed by atoms with E-state index >= 15 is 0 Å². The molecule has 148 valence electrons. The van der Waals surface area contributed by atoms with Gasteiger partial charge < -0.3 is 20.7 Å². The summed E-state index contributed by atoms with van der Waals surface area (Å²) in [7, 11) is 0. The molecule has 28 heavy (non-hydrogen) atoms. The number of halogens is 1. The van der Waals surface area contributed by atoms with Gasteiger partial charge in [-0.3, -0.25) is 9.79 Å². The van der Waals surface area contributed by atoms with Gasteiger partial charge in [-0.15, -0.1) is 0 Å². The number of hydrogen-bond donors (Lipinski definition) is 3. The first-order chi connectivity index (χ1) is 13.7. The summed E-state index contributed by atoms with van der Waals surface area (Å²) in [5, 5.41) is 10.1. The maximum atomic E-state index is 12.0. The lowest BCUT2D eigenvalue weighted by Crippen LogP contribution is -2.39. The van der Waals surface area contributed by atoms with Crippen LogP contribution in [0.1, 0.15) is 24.8 Å². The van der Waals surface area contributed by atoms with Crippen molar-refractivity contribution < 1.29 is 9.53 Å². The maximum Gasteiger partial charge on any atom is 0.225 e. The Morgan fingerprint density at radius 1 is 1.21 bits per heavy atom. The number of ether oxygens (including phenoxy) is 1. The minimum Gasteiger partial charge on any atom is -0.492 e. The molecule has 0 spiro atoms. The van der Waals surface area contributed by atoms with Crippen LogP contribution >= 0.6 is 11.6 Å². The number of para-hydroxylation sites is 1. The van der Waals surface area contributed by atoms with Gasteiger partial charge in [-0.2, -0.15) is 0 Å². The van der Waals surface area contributed by atoms with Crippen LogP contribution < -0.4 is 20.7 Å². The van der Waals surface area contributed by atoms with Crippen LogP contribution in [0, 0.1) is 0 Å².